The fourth-order valence-corrected chi connectivity index (χ4v) is 1.57. The highest BCUT2D eigenvalue weighted by Gasteiger charge is 2.08. The molecular formula is C11H12N3O2-. The van der Waals surface area contributed by atoms with Crippen LogP contribution in [0.2, 0.25) is 0 Å². The number of carbonyl (C=O) groups excluding carboxylic acids is 1. The second kappa shape index (κ2) is 4.74. The maximum absolute atomic E-state index is 10.5. The van der Waals surface area contributed by atoms with Gasteiger partial charge >= 0.3 is 0 Å². The third-order valence-electron chi connectivity index (χ3n) is 2.47. The van der Waals surface area contributed by atoms with Gasteiger partial charge in [-0.15, -0.1) is 5.11 Å². The molecular weight excluding hydrogens is 206 g/mol. The van der Waals surface area contributed by atoms with E-state index in [4.69, 9.17) is 0 Å². The predicted octanol–water partition coefficient (Wildman–Crippen LogP) is 1.14. The van der Waals surface area contributed by atoms with Crippen LogP contribution in [0.5, 0.6) is 0 Å². The van der Waals surface area contributed by atoms with Crippen molar-refractivity contribution >= 4 is 11.7 Å². The first-order valence-corrected chi connectivity index (χ1v) is 5.24. The average Bonchev–Trinajstić information content (AvgIpc) is 2.80. The van der Waals surface area contributed by atoms with Crippen LogP contribution in [0, 0.1) is 0 Å². The molecule has 0 unspecified atom stereocenters. The fourth-order valence-electron chi connectivity index (χ4n) is 1.57. The summed E-state index contributed by atoms with van der Waals surface area (Å²) < 4.78 is 0. The first-order valence-electron chi connectivity index (χ1n) is 5.24. The highest BCUT2D eigenvalue weighted by atomic mass is 16.4. The SMILES string of the molecule is O=C([O-])c1ccc(N=NN2CCCC2)cc1. The van der Waals surface area contributed by atoms with Gasteiger partial charge in [0.05, 0.1) is 11.7 Å². The molecule has 1 saturated heterocycles. The van der Waals surface area contributed by atoms with Crippen LogP contribution in [-0.2, 0) is 0 Å². The van der Waals surface area contributed by atoms with Gasteiger partial charge in [-0.05, 0) is 30.5 Å². The van der Waals surface area contributed by atoms with E-state index >= 15 is 0 Å². The third kappa shape index (κ3) is 2.56. The van der Waals surface area contributed by atoms with E-state index in [9.17, 15) is 9.90 Å². The van der Waals surface area contributed by atoms with Crippen molar-refractivity contribution in [2.45, 2.75) is 12.8 Å². The Labute approximate surface area is 93.4 Å². The van der Waals surface area contributed by atoms with Crippen LogP contribution in [0.3, 0.4) is 0 Å². The Morgan fingerprint density at radius 2 is 1.81 bits per heavy atom. The topological polar surface area (TPSA) is 68.1 Å². The molecule has 1 aromatic carbocycles. The van der Waals surface area contributed by atoms with Gasteiger partial charge in [0, 0.05) is 13.1 Å². The number of hydrogen-bond acceptors (Lipinski definition) is 4. The standard InChI is InChI=1S/C11H13N3O2/c15-11(16)9-3-5-10(6-4-9)12-13-14-7-1-2-8-14/h3-6H,1-2,7-8H2,(H,15,16)/p-1. The molecule has 0 aromatic heterocycles. The van der Waals surface area contributed by atoms with Gasteiger partial charge in [-0.25, -0.2) is 0 Å². The molecule has 0 aliphatic carbocycles. The molecule has 2 rings (SSSR count). The molecule has 1 heterocycles. The normalized spacial score (nSPS) is 15.9. The van der Waals surface area contributed by atoms with Crippen molar-refractivity contribution in [2.24, 2.45) is 10.3 Å². The third-order valence-corrected chi connectivity index (χ3v) is 2.47. The van der Waals surface area contributed by atoms with Crippen molar-refractivity contribution in [1.29, 1.82) is 0 Å². The minimum atomic E-state index is -1.18. The molecule has 1 aliphatic rings. The number of nitrogens with zero attached hydrogens (tertiary/aromatic N) is 3. The van der Waals surface area contributed by atoms with Crippen molar-refractivity contribution in [3.63, 3.8) is 0 Å². The lowest BCUT2D eigenvalue weighted by Gasteiger charge is -2.07. The van der Waals surface area contributed by atoms with Crippen molar-refractivity contribution in [3.05, 3.63) is 29.8 Å². The van der Waals surface area contributed by atoms with E-state index in [-0.39, 0.29) is 5.56 Å². The summed E-state index contributed by atoms with van der Waals surface area (Å²) in [6, 6.07) is 6.16. The molecule has 0 atom stereocenters. The van der Waals surface area contributed by atoms with E-state index in [1.54, 1.807) is 12.1 Å². The molecule has 84 valence electrons. The maximum atomic E-state index is 10.5. The lowest BCUT2D eigenvalue weighted by atomic mass is 10.2. The van der Waals surface area contributed by atoms with E-state index in [0.29, 0.717) is 5.69 Å². The zero-order valence-corrected chi connectivity index (χ0v) is 8.80. The first-order chi connectivity index (χ1) is 7.75. The predicted molar refractivity (Wildman–Crippen MR) is 56.1 cm³/mol. The highest BCUT2D eigenvalue weighted by molar-refractivity contribution is 5.86. The molecule has 1 aromatic rings. The van der Waals surface area contributed by atoms with E-state index in [2.05, 4.69) is 10.3 Å². The largest absolute Gasteiger partial charge is 0.545 e. The van der Waals surface area contributed by atoms with Crippen molar-refractivity contribution < 1.29 is 9.90 Å². The monoisotopic (exact) mass is 218 g/mol. The maximum Gasteiger partial charge on any atom is 0.0874 e. The summed E-state index contributed by atoms with van der Waals surface area (Å²) in [5, 5.41) is 20.5. The van der Waals surface area contributed by atoms with Gasteiger partial charge in [0.25, 0.3) is 0 Å². The molecule has 0 N–H and O–H groups in total. The van der Waals surface area contributed by atoms with Crippen molar-refractivity contribution in [3.8, 4) is 0 Å². The minimum Gasteiger partial charge on any atom is -0.545 e. The lowest BCUT2D eigenvalue weighted by Crippen LogP contribution is -2.21. The Bertz CT molecular complexity index is 394. The Morgan fingerprint density at radius 1 is 1.19 bits per heavy atom. The van der Waals surface area contributed by atoms with Crippen LogP contribution in [0.1, 0.15) is 23.2 Å². The zero-order valence-electron chi connectivity index (χ0n) is 8.80. The summed E-state index contributed by atoms with van der Waals surface area (Å²) >= 11 is 0. The van der Waals surface area contributed by atoms with Crippen LogP contribution < -0.4 is 5.11 Å². The van der Waals surface area contributed by atoms with Crippen LogP contribution in [-0.4, -0.2) is 24.1 Å². The van der Waals surface area contributed by atoms with Crippen molar-refractivity contribution in [2.75, 3.05) is 13.1 Å². The van der Waals surface area contributed by atoms with Crippen LogP contribution in [0.25, 0.3) is 0 Å². The summed E-state index contributed by atoms with van der Waals surface area (Å²) in [5.41, 5.74) is 0.803. The van der Waals surface area contributed by atoms with Gasteiger partial charge in [-0.1, -0.05) is 17.4 Å². The molecule has 1 fully saturated rings. The molecule has 5 heteroatoms. The smallest absolute Gasteiger partial charge is 0.0874 e. The van der Waals surface area contributed by atoms with E-state index in [1.165, 1.54) is 12.1 Å². The number of hydrogen-bond donors (Lipinski definition) is 0. The summed E-state index contributed by atoms with van der Waals surface area (Å²) in [6.45, 7) is 1.89. The number of rotatable bonds is 3. The number of aromatic carboxylic acids is 1. The quantitative estimate of drug-likeness (QED) is 0.714. The zero-order chi connectivity index (χ0) is 11.4. The molecule has 5 nitrogen and oxygen atoms in total. The molecule has 0 amide bonds. The first kappa shape index (κ1) is 10.6. The summed E-state index contributed by atoms with van der Waals surface area (Å²) in [5.74, 6) is -1.18. The minimum absolute atomic E-state index is 0.153. The van der Waals surface area contributed by atoms with Gasteiger partial charge in [-0.3, -0.25) is 5.01 Å². The van der Waals surface area contributed by atoms with Gasteiger partial charge in [0.1, 0.15) is 0 Å². The summed E-state index contributed by atoms with van der Waals surface area (Å²) in [4.78, 5) is 10.5. The van der Waals surface area contributed by atoms with Crippen LogP contribution >= 0.6 is 0 Å². The molecule has 0 bridgehead atoms. The summed E-state index contributed by atoms with van der Waals surface area (Å²) in [6.07, 6.45) is 2.31. The number of carbonyl (C=O) groups is 1. The molecule has 0 saturated carbocycles. The molecule has 1 aliphatic heterocycles. The fraction of sp³-hybridized carbons (Fsp3) is 0.364. The van der Waals surface area contributed by atoms with Gasteiger partial charge in [-0.2, -0.15) is 0 Å². The molecule has 16 heavy (non-hydrogen) atoms. The van der Waals surface area contributed by atoms with Crippen LogP contribution in [0.4, 0.5) is 5.69 Å². The Morgan fingerprint density at radius 3 is 2.38 bits per heavy atom. The molecule has 0 radical (unpaired) electrons. The number of carboxylic acid groups (broad SMARTS) is 1. The highest BCUT2D eigenvalue weighted by Crippen LogP contribution is 2.15. The van der Waals surface area contributed by atoms with E-state index in [0.717, 1.165) is 25.9 Å². The Balaban J connectivity index is 2.01. The second-order valence-electron chi connectivity index (χ2n) is 3.68. The van der Waals surface area contributed by atoms with E-state index < -0.39 is 5.97 Å². The van der Waals surface area contributed by atoms with Crippen molar-refractivity contribution in [1.82, 2.24) is 5.01 Å². The van der Waals surface area contributed by atoms with Gasteiger partial charge in [0.2, 0.25) is 0 Å². The second-order valence-corrected chi connectivity index (χ2v) is 3.68. The lowest BCUT2D eigenvalue weighted by molar-refractivity contribution is -0.255. The van der Waals surface area contributed by atoms with E-state index in [1.807, 2.05) is 5.01 Å². The Kier molecular flexibility index (Phi) is 3.14. The number of benzene rings is 1. The number of carboxylic acids is 1. The average molecular weight is 218 g/mol. The van der Waals surface area contributed by atoms with Gasteiger partial charge < -0.3 is 9.90 Å². The van der Waals surface area contributed by atoms with Gasteiger partial charge in [0.15, 0.2) is 0 Å². The van der Waals surface area contributed by atoms with Crippen LogP contribution in [0.15, 0.2) is 34.6 Å². The summed E-state index contributed by atoms with van der Waals surface area (Å²) in [7, 11) is 0. The Hall–Kier alpha value is -1.91. The molecule has 0 spiro atoms.